The average molecular weight is 328 g/mol. The van der Waals surface area contributed by atoms with Crippen LogP contribution in [0.5, 0.6) is 0 Å². The number of hydrogen-bond donors (Lipinski definition) is 0. The summed E-state index contributed by atoms with van der Waals surface area (Å²) in [6.07, 6.45) is 5.38. The zero-order chi connectivity index (χ0) is 18.0. The van der Waals surface area contributed by atoms with Gasteiger partial charge in [-0.05, 0) is 59.3 Å². The lowest BCUT2D eigenvalue weighted by Crippen LogP contribution is -2.38. The van der Waals surface area contributed by atoms with E-state index in [9.17, 15) is 9.59 Å². The molecule has 0 spiro atoms. The van der Waals surface area contributed by atoms with Crippen LogP contribution in [0.4, 0.5) is 0 Å². The van der Waals surface area contributed by atoms with Gasteiger partial charge in [0.05, 0.1) is 0 Å². The Labute approximate surface area is 143 Å². The summed E-state index contributed by atoms with van der Waals surface area (Å²) < 4.78 is 5.28. The van der Waals surface area contributed by atoms with E-state index in [-0.39, 0.29) is 17.9 Å². The summed E-state index contributed by atoms with van der Waals surface area (Å²) in [6, 6.07) is 0.268. The largest absolute Gasteiger partial charge is 0.460 e. The summed E-state index contributed by atoms with van der Waals surface area (Å²) in [5, 5.41) is 0. The van der Waals surface area contributed by atoms with Crippen LogP contribution in [0.3, 0.4) is 0 Å². The van der Waals surface area contributed by atoms with Crippen molar-refractivity contribution < 1.29 is 14.3 Å². The molecule has 0 saturated carbocycles. The van der Waals surface area contributed by atoms with Gasteiger partial charge in [0.1, 0.15) is 5.60 Å². The zero-order valence-corrected chi connectivity index (χ0v) is 16.3. The zero-order valence-electron chi connectivity index (χ0n) is 16.3. The Bertz CT molecular complexity index is 362. The number of carbonyl (C=O) groups excluding carboxylic acids is 2. The first-order valence-corrected chi connectivity index (χ1v) is 9.04. The smallest absolute Gasteiger partial charge is 0.303 e. The van der Waals surface area contributed by atoms with Crippen molar-refractivity contribution in [3.63, 3.8) is 0 Å². The quantitative estimate of drug-likeness (QED) is 0.413. The molecule has 23 heavy (non-hydrogen) atoms. The van der Waals surface area contributed by atoms with Crippen molar-refractivity contribution in [3.05, 3.63) is 0 Å². The van der Waals surface area contributed by atoms with Crippen molar-refractivity contribution in [3.8, 4) is 0 Å². The van der Waals surface area contributed by atoms with Gasteiger partial charge in [-0.15, -0.1) is 0 Å². The van der Waals surface area contributed by atoms with E-state index in [1.807, 2.05) is 18.7 Å². The van der Waals surface area contributed by atoms with Crippen molar-refractivity contribution in [1.82, 2.24) is 4.90 Å². The summed E-state index contributed by atoms with van der Waals surface area (Å²) in [6.45, 7) is 14.7. The maximum absolute atomic E-state index is 12.4. The Morgan fingerprint density at radius 3 is 2.13 bits per heavy atom. The lowest BCUT2D eigenvalue weighted by Gasteiger charge is -2.28. The minimum absolute atomic E-state index is 0.233. The third-order valence-corrected chi connectivity index (χ3v) is 3.98. The maximum Gasteiger partial charge on any atom is 0.303 e. The average Bonchev–Trinajstić information content (AvgIpc) is 2.35. The highest BCUT2D eigenvalue weighted by Gasteiger charge is 2.21. The topological polar surface area (TPSA) is 46.6 Å². The van der Waals surface area contributed by atoms with Crippen molar-refractivity contribution in [2.24, 2.45) is 5.92 Å². The number of carbonyl (C=O) groups is 2. The molecule has 1 amide bonds. The van der Waals surface area contributed by atoms with E-state index in [0.717, 1.165) is 38.6 Å². The molecule has 0 aromatic heterocycles. The third kappa shape index (κ3) is 11.2. The molecule has 136 valence electrons. The normalized spacial score (nSPS) is 11.9. The second-order valence-electron chi connectivity index (χ2n) is 7.78. The minimum atomic E-state index is -0.406. The third-order valence-electron chi connectivity index (χ3n) is 3.98. The number of hydrogen-bond acceptors (Lipinski definition) is 3. The Hall–Kier alpha value is -1.06. The molecule has 0 bridgehead atoms. The van der Waals surface area contributed by atoms with Gasteiger partial charge in [-0.2, -0.15) is 0 Å². The number of ether oxygens (including phenoxy) is 1. The molecule has 0 aliphatic carbocycles. The monoisotopic (exact) mass is 327 g/mol. The number of nitrogens with zero attached hydrogens (tertiary/aromatic N) is 1. The molecular formula is C19H37NO3. The van der Waals surface area contributed by atoms with Gasteiger partial charge in [0.25, 0.3) is 0 Å². The number of unbranched alkanes of at least 4 members (excludes halogenated alkanes) is 2. The molecule has 0 saturated heterocycles. The van der Waals surface area contributed by atoms with Gasteiger partial charge in [-0.1, -0.05) is 20.3 Å². The Morgan fingerprint density at radius 1 is 1.04 bits per heavy atom. The van der Waals surface area contributed by atoms with Crippen LogP contribution in [0.25, 0.3) is 0 Å². The molecule has 0 atom stereocenters. The summed E-state index contributed by atoms with van der Waals surface area (Å²) in [5.74, 6) is 0.648. The van der Waals surface area contributed by atoms with Crippen LogP contribution in [-0.4, -0.2) is 35.0 Å². The first-order valence-electron chi connectivity index (χ1n) is 9.04. The SMILES string of the molecule is CC(=O)OC(C)(C)CCCCCC(=O)N(CCC(C)C)C(C)C. The van der Waals surface area contributed by atoms with E-state index in [2.05, 4.69) is 27.7 Å². The van der Waals surface area contributed by atoms with Crippen LogP contribution in [-0.2, 0) is 14.3 Å². The molecule has 0 fully saturated rings. The van der Waals surface area contributed by atoms with Crippen molar-refractivity contribution in [1.29, 1.82) is 0 Å². The highest BCUT2D eigenvalue weighted by atomic mass is 16.6. The fourth-order valence-corrected chi connectivity index (χ4v) is 2.66. The molecule has 0 aliphatic heterocycles. The van der Waals surface area contributed by atoms with Gasteiger partial charge in [0.15, 0.2) is 0 Å². The molecule has 0 aromatic rings. The van der Waals surface area contributed by atoms with E-state index in [1.165, 1.54) is 6.92 Å². The fraction of sp³-hybridized carbons (Fsp3) is 0.895. The van der Waals surface area contributed by atoms with Crippen LogP contribution < -0.4 is 0 Å². The second-order valence-corrected chi connectivity index (χ2v) is 7.78. The molecule has 0 aliphatic rings. The van der Waals surface area contributed by atoms with E-state index in [0.29, 0.717) is 12.3 Å². The molecule has 4 nitrogen and oxygen atoms in total. The molecule has 0 unspecified atom stereocenters. The number of rotatable bonds is 11. The van der Waals surface area contributed by atoms with Crippen LogP contribution in [0.2, 0.25) is 0 Å². The van der Waals surface area contributed by atoms with Gasteiger partial charge >= 0.3 is 5.97 Å². The van der Waals surface area contributed by atoms with Gasteiger partial charge in [-0.25, -0.2) is 0 Å². The van der Waals surface area contributed by atoms with E-state index in [1.54, 1.807) is 0 Å². The minimum Gasteiger partial charge on any atom is -0.460 e. The van der Waals surface area contributed by atoms with Crippen LogP contribution in [0.15, 0.2) is 0 Å². The predicted octanol–water partition coefficient (Wildman–Crippen LogP) is 4.56. The Balaban J connectivity index is 4.05. The lowest BCUT2D eigenvalue weighted by molar-refractivity contribution is -0.154. The Morgan fingerprint density at radius 2 is 1.65 bits per heavy atom. The molecule has 0 rings (SSSR count). The second kappa shape index (κ2) is 10.7. The number of esters is 1. The summed E-state index contributed by atoms with van der Waals surface area (Å²) in [5.41, 5.74) is -0.406. The first kappa shape index (κ1) is 21.9. The highest BCUT2D eigenvalue weighted by molar-refractivity contribution is 5.76. The molecule has 4 heteroatoms. The fourth-order valence-electron chi connectivity index (χ4n) is 2.66. The van der Waals surface area contributed by atoms with Crippen LogP contribution >= 0.6 is 0 Å². The Kier molecular flexibility index (Phi) is 10.2. The van der Waals surface area contributed by atoms with Crippen LogP contribution in [0.1, 0.15) is 87.0 Å². The summed E-state index contributed by atoms with van der Waals surface area (Å²) in [4.78, 5) is 25.4. The van der Waals surface area contributed by atoms with Gasteiger partial charge in [-0.3, -0.25) is 9.59 Å². The van der Waals surface area contributed by atoms with E-state index >= 15 is 0 Å². The van der Waals surface area contributed by atoms with Gasteiger partial charge in [0.2, 0.25) is 5.91 Å². The molecule has 0 aromatic carbocycles. The van der Waals surface area contributed by atoms with Gasteiger partial charge < -0.3 is 9.64 Å². The molecular weight excluding hydrogens is 290 g/mol. The standard InChI is InChI=1S/C19H37NO3/c1-15(2)12-14-20(16(3)4)18(22)11-9-8-10-13-19(6,7)23-17(5)21/h15-16H,8-14H2,1-7H3. The first-order chi connectivity index (χ1) is 10.5. The predicted molar refractivity (Wildman–Crippen MR) is 95.2 cm³/mol. The van der Waals surface area contributed by atoms with E-state index in [4.69, 9.17) is 4.74 Å². The van der Waals surface area contributed by atoms with Gasteiger partial charge in [0, 0.05) is 25.9 Å². The lowest BCUT2D eigenvalue weighted by atomic mass is 9.99. The molecule has 0 N–H and O–H groups in total. The van der Waals surface area contributed by atoms with Crippen molar-refractivity contribution >= 4 is 11.9 Å². The van der Waals surface area contributed by atoms with Crippen LogP contribution in [0, 0.1) is 5.92 Å². The highest BCUT2D eigenvalue weighted by Crippen LogP contribution is 2.19. The summed E-state index contributed by atoms with van der Waals surface area (Å²) in [7, 11) is 0. The van der Waals surface area contributed by atoms with Crippen molar-refractivity contribution in [2.45, 2.75) is 98.6 Å². The number of amides is 1. The molecule has 0 radical (unpaired) electrons. The van der Waals surface area contributed by atoms with Crippen molar-refractivity contribution in [2.75, 3.05) is 6.54 Å². The maximum atomic E-state index is 12.4. The van der Waals surface area contributed by atoms with E-state index < -0.39 is 5.60 Å². The summed E-state index contributed by atoms with van der Waals surface area (Å²) >= 11 is 0. The molecule has 0 heterocycles.